The molecular weight excluding hydrogens is 230 g/mol. The average Bonchev–Trinajstić information content (AvgIpc) is 2.91. The Morgan fingerprint density at radius 1 is 1.21 bits per heavy atom. The predicted octanol–water partition coefficient (Wildman–Crippen LogP) is 5.41. The minimum atomic E-state index is 0.696. The molecule has 1 fully saturated rings. The highest BCUT2D eigenvalue weighted by Gasteiger charge is 2.23. The number of aromatic nitrogens is 1. The van der Waals surface area contributed by atoms with Crippen molar-refractivity contribution in [2.24, 2.45) is 5.92 Å². The van der Waals surface area contributed by atoms with Gasteiger partial charge in [0.25, 0.3) is 0 Å². The zero-order chi connectivity index (χ0) is 13.2. The number of nitrogens with one attached hydrogen (secondary N) is 1. The third kappa shape index (κ3) is 2.31. The molecule has 1 aliphatic carbocycles. The Hall–Kier alpha value is -1.24. The fraction of sp³-hybridized carbons (Fsp3) is 0.556. The maximum absolute atomic E-state index is 3.53. The third-order valence-corrected chi connectivity index (χ3v) is 5.06. The van der Waals surface area contributed by atoms with E-state index in [2.05, 4.69) is 43.2 Å². The molecule has 1 aliphatic rings. The quantitative estimate of drug-likeness (QED) is 0.754. The van der Waals surface area contributed by atoms with Gasteiger partial charge < -0.3 is 4.98 Å². The van der Waals surface area contributed by atoms with E-state index in [4.69, 9.17) is 0 Å². The van der Waals surface area contributed by atoms with Crippen LogP contribution in [0.25, 0.3) is 10.9 Å². The van der Waals surface area contributed by atoms with Gasteiger partial charge in [0.1, 0.15) is 0 Å². The van der Waals surface area contributed by atoms with Crippen molar-refractivity contribution in [1.29, 1.82) is 0 Å². The summed E-state index contributed by atoms with van der Waals surface area (Å²) in [5.74, 6) is 1.58. The van der Waals surface area contributed by atoms with Gasteiger partial charge in [-0.15, -0.1) is 0 Å². The Kier molecular flexibility index (Phi) is 3.63. The van der Waals surface area contributed by atoms with E-state index in [0.29, 0.717) is 5.92 Å². The summed E-state index contributed by atoms with van der Waals surface area (Å²) in [4.78, 5) is 3.53. The maximum atomic E-state index is 3.53. The lowest BCUT2D eigenvalue weighted by atomic mass is 9.78. The lowest BCUT2D eigenvalue weighted by Gasteiger charge is -2.27. The molecule has 2 aromatic rings. The number of H-pyrrole nitrogens is 1. The molecular formula is C18H25N. The monoisotopic (exact) mass is 255 g/mol. The van der Waals surface area contributed by atoms with Crippen molar-refractivity contribution in [3.05, 3.63) is 35.5 Å². The van der Waals surface area contributed by atoms with Gasteiger partial charge in [0, 0.05) is 17.1 Å². The summed E-state index contributed by atoms with van der Waals surface area (Å²) in [7, 11) is 0. The lowest BCUT2D eigenvalue weighted by Crippen LogP contribution is -2.13. The van der Waals surface area contributed by atoms with Gasteiger partial charge in [-0.25, -0.2) is 0 Å². The van der Waals surface area contributed by atoms with Crippen LogP contribution < -0.4 is 0 Å². The summed E-state index contributed by atoms with van der Waals surface area (Å²) in [6.45, 7) is 4.66. The zero-order valence-electron chi connectivity index (χ0n) is 12.2. The van der Waals surface area contributed by atoms with E-state index in [0.717, 1.165) is 12.3 Å². The Morgan fingerprint density at radius 3 is 2.74 bits per heavy atom. The number of hydrogen-bond acceptors (Lipinski definition) is 0. The van der Waals surface area contributed by atoms with E-state index in [1.165, 1.54) is 54.1 Å². The average molecular weight is 255 g/mol. The topological polar surface area (TPSA) is 15.8 Å². The van der Waals surface area contributed by atoms with E-state index in [1.807, 2.05) is 0 Å². The molecule has 0 spiro atoms. The van der Waals surface area contributed by atoms with Crippen LogP contribution in [0.4, 0.5) is 0 Å². The number of rotatable bonds is 3. The first-order valence-electron chi connectivity index (χ1n) is 7.90. The molecule has 0 bridgehead atoms. The van der Waals surface area contributed by atoms with Crippen molar-refractivity contribution in [3.8, 4) is 0 Å². The van der Waals surface area contributed by atoms with Crippen molar-refractivity contribution in [2.45, 2.75) is 58.3 Å². The number of aryl methyl sites for hydroxylation is 1. The smallest absolute Gasteiger partial charge is 0.0489 e. The van der Waals surface area contributed by atoms with Gasteiger partial charge >= 0.3 is 0 Å². The van der Waals surface area contributed by atoms with Crippen molar-refractivity contribution in [2.75, 3.05) is 0 Å². The molecule has 1 N–H and O–H groups in total. The molecule has 102 valence electrons. The van der Waals surface area contributed by atoms with Crippen LogP contribution in [0.1, 0.15) is 63.0 Å². The van der Waals surface area contributed by atoms with Crippen LogP contribution in [0.5, 0.6) is 0 Å². The van der Waals surface area contributed by atoms with Crippen molar-refractivity contribution in [1.82, 2.24) is 4.98 Å². The molecule has 3 rings (SSSR count). The molecule has 0 saturated heterocycles. The van der Waals surface area contributed by atoms with Crippen LogP contribution in [0.15, 0.2) is 24.4 Å². The Morgan fingerprint density at radius 2 is 2.00 bits per heavy atom. The maximum Gasteiger partial charge on any atom is 0.0489 e. The highest BCUT2D eigenvalue weighted by molar-refractivity contribution is 5.86. The van der Waals surface area contributed by atoms with Crippen LogP contribution in [-0.2, 0) is 6.42 Å². The number of fused-ring (bicyclic) bond motifs is 1. The molecule has 1 nitrogen and oxygen atoms in total. The summed E-state index contributed by atoms with van der Waals surface area (Å²) < 4.78 is 0. The summed E-state index contributed by atoms with van der Waals surface area (Å²) in [5, 5.41) is 1.46. The Bertz CT molecular complexity index is 546. The molecule has 0 radical (unpaired) electrons. The van der Waals surface area contributed by atoms with Crippen molar-refractivity contribution in [3.63, 3.8) is 0 Å². The molecule has 0 amide bonds. The first-order chi connectivity index (χ1) is 9.31. The second kappa shape index (κ2) is 5.40. The van der Waals surface area contributed by atoms with E-state index in [-0.39, 0.29) is 0 Å². The van der Waals surface area contributed by atoms with Gasteiger partial charge in [0.05, 0.1) is 0 Å². The number of aromatic amines is 1. The minimum absolute atomic E-state index is 0.696. The minimum Gasteiger partial charge on any atom is -0.361 e. The van der Waals surface area contributed by atoms with Gasteiger partial charge in [-0.2, -0.15) is 0 Å². The second-order valence-corrected chi connectivity index (χ2v) is 6.12. The lowest BCUT2D eigenvalue weighted by molar-refractivity contribution is 0.317. The third-order valence-electron chi connectivity index (χ3n) is 5.06. The van der Waals surface area contributed by atoms with Gasteiger partial charge in [-0.3, -0.25) is 0 Å². The summed E-state index contributed by atoms with van der Waals surface area (Å²) in [6, 6.07) is 6.75. The molecule has 1 aromatic carbocycles. The highest BCUT2D eigenvalue weighted by atomic mass is 14.7. The van der Waals surface area contributed by atoms with Crippen LogP contribution in [0, 0.1) is 5.92 Å². The first kappa shape index (κ1) is 12.8. The van der Waals surface area contributed by atoms with Crippen molar-refractivity contribution < 1.29 is 0 Å². The molecule has 1 unspecified atom stereocenters. The normalized spacial score (nSPS) is 18.8. The van der Waals surface area contributed by atoms with Gasteiger partial charge in [-0.1, -0.05) is 51.3 Å². The van der Waals surface area contributed by atoms with Crippen LogP contribution in [-0.4, -0.2) is 4.98 Å². The molecule has 1 aromatic heterocycles. The molecule has 1 atom stereocenters. The van der Waals surface area contributed by atoms with E-state index < -0.39 is 0 Å². The SMILES string of the molecule is CCc1cccc2c(C(C)C3CCCCC3)c[nH]c12. The first-order valence-corrected chi connectivity index (χ1v) is 7.90. The van der Waals surface area contributed by atoms with Gasteiger partial charge in [-0.05, 0) is 42.2 Å². The molecule has 1 saturated carbocycles. The predicted molar refractivity (Wildman–Crippen MR) is 82.7 cm³/mol. The van der Waals surface area contributed by atoms with Crippen molar-refractivity contribution >= 4 is 10.9 Å². The fourth-order valence-corrected chi connectivity index (χ4v) is 3.80. The van der Waals surface area contributed by atoms with Crippen LogP contribution >= 0.6 is 0 Å². The second-order valence-electron chi connectivity index (χ2n) is 6.12. The van der Waals surface area contributed by atoms with E-state index in [1.54, 1.807) is 0 Å². The number of hydrogen-bond donors (Lipinski definition) is 1. The Labute approximate surface area is 116 Å². The zero-order valence-corrected chi connectivity index (χ0v) is 12.2. The van der Waals surface area contributed by atoms with Gasteiger partial charge in [0.2, 0.25) is 0 Å². The fourth-order valence-electron chi connectivity index (χ4n) is 3.80. The standard InChI is InChI=1S/C18H25N/c1-3-14-10-7-11-16-17(12-19-18(14)16)13(2)15-8-5-4-6-9-15/h7,10-13,15,19H,3-6,8-9H2,1-2H3. The summed E-state index contributed by atoms with van der Waals surface area (Å²) in [5.41, 5.74) is 4.35. The van der Waals surface area contributed by atoms with E-state index in [9.17, 15) is 0 Å². The number of para-hydroxylation sites is 1. The van der Waals surface area contributed by atoms with Crippen LogP contribution in [0.3, 0.4) is 0 Å². The van der Waals surface area contributed by atoms with E-state index >= 15 is 0 Å². The molecule has 1 heteroatoms. The van der Waals surface area contributed by atoms with Gasteiger partial charge in [0.15, 0.2) is 0 Å². The molecule has 1 heterocycles. The summed E-state index contributed by atoms with van der Waals surface area (Å²) in [6.07, 6.45) is 10.5. The Balaban J connectivity index is 1.96. The molecule has 0 aliphatic heterocycles. The number of benzene rings is 1. The largest absolute Gasteiger partial charge is 0.361 e. The van der Waals surface area contributed by atoms with Crippen LogP contribution in [0.2, 0.25) is 0 Å². The summed E-state index contributed by atoms with van der Waals surface area (Å²) >= 11 is 0. The highest BCUT2D eigenvalue weighted by Crippen LogP contribution is 2.38. The molecule has 19 heavy (non-hydrogen) atoms.